The highest BCUT2D eigenvalue weighted by molar-refractivity contribution is 5.83. The van der Waals surface area contributed by atoms with Crippen LogP contribution >= 0.6 is 0 Å². The molecule has 0 heterocycles. The summed E-state index contributed by atoms with van der Waals surface area (Å²) in [6, 6.07) is 5.37. The van der Waals surface area contributed by atoms with Crippen molar-refractivity contribution in [2.45, 2.75) is 13.5 Å². The van der Waals surface area contributed by atoms with Gasteiger partial charge in [-0.1, -0.05) is 12.1 Å². The fourth-order valence-electron chi connectivity index (χ4n) is 1.27. The molecule has 0 aliphatic heterocycles. The molecule has 0 unspecified atom stereocenters. The number of nitrogens with one attached hydrogen (secondary N) is 3. The quantitative estimate of drug-likeness (QED) is 0.725. The van der Waals surface area contributed by atoms with Gasteiger partial charge in [-0.2, -0.15) is 0 Å². The second kappa shape index (κ2) is 7.26. The Morgan fingerprint density at radius 1 is 1.11 bits per heavy atom. The second-order valence-electron chi connectivity index (χ2n) is 3.62. The largest absolute Gasteiger partial charge is 0.355 e. The molecule has 0 atom stereocenters. The van der Waals surface area contributed by atoms with Crippen LogP contribution < -0.4 is 16.0 Å². The monoisotopic (exact) mass is 253 g/mol. The van der Waals surface area contributed by atoms with Gasteiger partial charge in [0.15, 0.2) is 0 Å². The Balaban J connectivity index is 2.24. The molecule has 0 bridgehead atoms. The smallest absolute Gasteiger partial charge is 0.315 e. The molecule has 0 fully saturated rings. The van der Waals surface area contributed by atoms with Crippen molar-refractivity contribution in [2.24, 2.45) is 0 Å². The number of carbonyl (C=O) groups is 2. The maximum Gasteiger partial charge on any atom is 0.315 e. The van der Waals surface area contributed by atoms with E-state index >= 15 is 0 Å². The first-order valence-electron chi connectivity index (χ1n) is 5.64. The average Bonchev–Trinajstić information content (AvgIpc) is 2.36. The summed E-state index contributed by atoms with van der Waals surface area (Å²) in [7, 11) is 0. The van der Waals surface area contributed by atoms with Gasteiger partial charge in [-0.05, 0) is 24.6 Å². The molecular formula is C12H16FN3O2. The first-order valence-corrected chi connectivity index (χ1v) is 5.64. The maximum absolute atomic E-state index is 12.6. The summed E-state index contributed by atoms with van der Waals surface area (Å²) in [4.78, 5) is 22.4. The first kappa shape index (κ1) is 14.0. The van der Waals surface area contributed by atoms with Crippen LogP contribution in [0.15, 0.2) is 24.3 Å². The molecule has 3 amide bonds. The van der Waals surface area contributed by atoms with E-state index in [-0.39, 0.29) is 24.8 Å². The van der Waals surface area contributed by atoms with Gasteiger partial charge in [0.1, 0.15) is 5.82 Å². The molecule has 98 valence electrons. The van der Waals surface area contributed by atoms with Crippen LogP contribution in [0.1, 0.15) is 12.5 Å². The molecule has 18 heavy (non-hydrogen) atoms. The van der Waals surface area contributed by atoms with Crippen molar-refractivity contribution in [3.8, 4) is 0 Å². The minimum atomic E-state index is -0.439. The number of likely N-dealkylation sites (N-methyl/N-ethyl adjacent to an activating group) is 1. The molecule has 0 aromatic heterocycles. The predicted molar refractivity (Wildman–Crippen MR) is 65.3 cm³/mol. The fraction of sp³-hybridized carbons (Fsp3) is 0.333. The van der Waals surface area contributed by atoms with Crippen LogP contribution in [-0.4, -0.2) is 25.0 Å². The van der Waals surface area contributed by atoms with Crippen LogP contribution in [0, 0.1) is 5.82 Å². The zero-order chi connectivity index (χ0) is 13.4. The van der Waals surface area contributed by atoms with Crippen LogP contribution in [0.3, 0.4) is 0 Å². The summed E-state index contributed by atoms with van der Waals surface area (Å²) < 4.78 is 12.6. The standard InChI is InChI=1S/C12H16FN3O2/c1-2-14-11(17)8-16-12(18)15-7-9-3-5-10(13)6-4-9/h3-6H,2,7-8H2,1H3,(H,14,17)(H2,15,16,18). The summed E-state index contributed by atoms with van der Waals surface area (Å²) in [5.41, 5.74) is 0.782. The Morgan fingerprint density at radius 2 is 1.78 bits per heavy atom. The number of hydrogen-bond acceptors (Lipinski definition) is 2. The summed E-state index contributed by atoms with van der Waals surface area (Å²) in [6.07, 6.45) is 0. The third-order valence-corrected chi connectivity index (χ3v) is 2.15. The van der Waals surface area contributed by atoms with Crippen molar-refractivity contribution < 1.29 is 14.0 Å². The minimum Gasteiger partial charge on any atom is -0.355 e. The molecule has 1 aromatic carbocycles. The third kappa shape index (κ3) is 5.29. The Hall–Kier alpha value is -2.11. The molecule has 5 nitrogen and oxygen atoms in total. The van der Waals surface area contributed by atoms with Crippen LogP contribution in [0.5, 0.6) is 0 Å². The third-order valence-electron chi connectivity index (χ3n) is 2.15. The van der Waals surface area contributed by atoms with Gasteiger partial charge in [-0.15, -0.1) is 0 Å². The van der Waals surface area contributed by atoms with Crippen molar-refractivity contribution in [1.29, 1.82) is 0 Å². The Morgan fingerprint density at radius 3 is 2.39 bits per heavy atom. The highest BCUT2D eigenvalue weighted by Crippen LogP contribution is 2.01. The summed E-state index contributed by atoms with van der Waals surface area (Å²) in [6.45, 7) is 2.54. The molecule has 0 saturated heterocycles. The lowest BCUT2D eigenvalue weighted by atomic mass is 10.2. The van der Waals surface area contributed by atoms with Gasteiger partial charge in [-0.3, -0.25) is 4.79 Å². The van der Waals surface area contributed by atoms with E-state index in [1.54, 1.807) is 19.1 Å². The average molecular weight is 253 g/mol. The van der Waals surface area contributed by atoms with Crippen molar-refractivity contribution in [2.75, 3.05) is 13.1 Å². The van der Waals surface area contributed by atoms with Crippen LogP contribution in [-0.2, 0) is 11.3 Å². The Bertz CT molecular complexity index is 406. The second-order valence-corrected chi connectivity index (χ2v) is 3.62. The lowest BCUT2D eigenvalue weighted by Crippen LogP contribution is -2.41. The summed E-state index contributed by atoms with van der Waals surface area (Å²) in [5.74, 6) is -0.561. The first-order chi connectivity index (χ1) is 8.61. The van der Waals surface area contributed by atoms with Gasteiger partial charge >= 0.3 is 6.03 Å². The lowest BCUT2D eigenvalue weighted by Gasteiger charge is -2.07. The topological polar surface area (TPSA) is 70.2 Å². The molecule has 1 aromatic rings. The van der Waals surface area contributed by atoms with Crippen molar-refractivity contribution in [3.63, 3.8) is 0 Å². The molecule has 0 spiro atoms. The zero-order valence-corrected chi connectivity index (χ0v) is 10.1. The van der Waals surface area contributed by atoms with E-state index in [4.69, 9.17) is 0 Å². The lowest BCUT2D eigenvalue weighted by molar-refractivity contribution is -0.119. The van der Waals surface area contributed by atoms with E-state index in [1.807, 2.05) is 0 Å². The van der Waals surface area contributed by atoms with E-state index < -0.39 is 6.03 Å². The molecule has 3 N–H and O–H groups in total. The van der Waals surface area contributed by atoms with Gasteiger partial charge in [0.05, 0.1) is 6.54 Å². The summed E-state index contributed by atoms with van der Waals surface area (Å²) >= 11 is 0. The van der Waals surface area contributed by atoms with Crippen molar-refractivity contribution in [1.82, 2.24) is 16.0 Å². The van der Waals surface area contributed by atoms with E-state index in [9.17, 15) is 14.0 Å². The Kier molecular flexibility index (Phi) is 5.63. The van der Waals surface area contributed by atoms with Gasteiger partial charge in [0, 0.05) is 13.1 Å². The number of hydrogen-bond donors (Lipinski definition) is 3. The van der Waals surface area contributed by atoms with Crippen molar-refractivity contribution in [3.05, 3.63) is 35.6 Å². The maximum atomic E-state index is 12.6. The van der Waals surface area contributed by atoms with Crippen LogP contribution in [0.25, 0.3) is 0 Å². The minimum absolute atomic E-state index is 0.0664. The van der Waals surface area contributed by atoms with Gasteiger partial charge < -0.3 is 16.0 Å². The molecule has 1 rings (SSSR count). The van der Waals surface area contributed by atoms with E-state index in [0.717, 1.165) is 5.56 Å². The fourth-order valence-corrected chi connectivity index (χ4v) is 1.27. The highest BCUT2D eigenvalue weighted by Gasteiger charge is 2.03. The predicted octanol–water partition coefficient (Wildman–Crippen LogP) is 0.761. The normalized spacial score (nSPS) is 9.67. The molecule has 6 heteroatoms. The highest BCUT2D eigenvalue weighted by atomic mass is 19.1. The van der Waals surface area contributed by atoms with Gasteiger partial charge in [0.25, 0.3) is 0 Å². The molecule has 0 aliphatic rings. The van der Waals surface area contributed by atoms with E-state index in [1.165, 1.54) is 12.1 Å². The van der Waals surface area contributed by atoms with E-state index in [2.05, 4.69) is 16.0 Å². The molecule has 0 saturated carbocycles. The number of carbonyl (C=O) groups excluding carboxylic acids is 2. The van der Waals surface area contributed by atoms with Gasteiger partial charge in [-0.25, -0.2) is 9.18 Å². The Labute approximate surface area is 105 Å². The molecule has 0 radical (unpaired) electrons. The number of amides is 3. The summed E-state index contributed by atoms with van der Waals surface area (Å²) in [5, 5.41) is 7.53. The van der Waals surface area contributed by atoms with Crippen LogP contribution in [0.4, 0.5) is 9.18 Å². The van der Waals surface area contributed by atoms with Crippen LogP contribution in [0.2, 0.25) is 0 Å². The number of halogens is 1. The number of urea groups is 1. The number of rotatable bonds is 5. The number of benzene rings is 1. The molecule has 0 aliphatic carbocycles. The van der Waals surface area contributed by atoms with Gasteiger partial charge in [0.2, 0.25) is 5.91 Å². The zero-order valence-electron chi connectivity index (χ0n) is 10.1. The van der Waals surface area contributed by atoms with E-state index in [0.29, 0.717) is 6.54 Å². The molecular weight excluding hydrogens is 237 g/mol. The SMILES string of the molecule is CCNC(=O)CNC(=O)NCc1ccc(F)cc1. The van der Waals surface area contributed by atoms with Crippen molar-refractivity contribution >= 4 is 11.9 Å².